The van der Waals surface area contributed by atoms with E-state index in [-0.39, 0.29) is 11.7 Å². The van der Waals surface area contributed by atoms with Crippen LogP contribution in [0.25, 0.3) is 23.2 Å². The predicted molar refractivity (Wildman–Crippen MR) is 171 cm³/mol. The standard InChI is InChI=1S/C32H33F3N6O3S/c1-20(2)27-18-26(43-4)13-14-28(27)40-15-16-45-31(40)38-30(42)37-21(3)17-22-5-7-23(8-6-22)29-36-19-41(39-29)24-9-11-25(12-10-24)44-32(33,34)35/h5-14,17-20,30,37,42H,15-16H2,1-4H3/b21-17+,38-31?. The van der Waals surface area contributed by atoms with Crippen molar-refractivity contribution in [1.29, 1.82) is 0 Å². The fourth-order valence-corrected chi connectivity index (χ4v) is 5.76. The van der Waals surface area contributed by atoms with E-state index in [9.17, 15) is 18.3 Å². The van der Waals surface area contributed by atoms with Gasteiger partial charge in [-0.3, -0.25) is 0 Å². The summed E-state index contributed by atoms with van der Waals surface area (Å²) in [7, 11) is 1.66. The zero-order valence-electron chi connectivity index (χ0n) is 25.1. The van der Waals surface area contributed by atoms with E-state index in [1.54, 1.807) is 18.9 Å². The first-order valence-electron chi connectivity index (χ1n) is 14.2. The average Bonchev–Trinajstić information content (AvgIpc) is 3.67. The topological polar surface area (TPSA) is 97.0 Å². The number of hydrogen-bond acceptors (Lipinski definition) is 8. The van der Waals surface area contributed by atoms with Gasteiger partial charge in [0.1, 0.15) is 17.8 Å². The SMILES string of the molecule is COc1ccc(N2CCSC2=NC(O)N/C(C)=C/c2ccc(-c3ncn(-c4ccc(OC(F)(F)F)cc4)n3)cc2)c(C(C)C)c1. The molecule has 1 saturated heterocycles. The number of benzene rings is 3. The summed E-state index contributed by atoms with van der Waals surface area (Å²) in [5, 5.41) is 19.0. The fourth-order valence-electron chi connectivity index (χ4n) is 4.78. The van der Waals surface area contributed by atoms with Crippen LogP contribution in [-0.2, 0) is 0 Å². The van der Waals surface area contributed by atoms with Crippen molar-refractivity contribution in [2.24, 2.45) is 4.99 Å². The lowest BCUT2D eigenvalue weighted by Gasteiger charge is -2.24. The number of aliphatic hydroxyl groups is 1. The number of ether oxygens (including phenoxy) is 2. The van der Waals surface area contributed by atoms with Crippen LogP contribution in [-0.4, -0.2) is 57.2 Å². The van der Waals surface area contributed by atoms with Gasteiger partial charge in [0.2, 0.25) is 6.35 Å². The molecule has 1 aromatic heterocycles. The fraction of sp³-hybridized carbons (Fsp3) is 0.281. The van der Waals surface area contributed by atoms with Crippen LogP contribution < -0.4 is 19.7 Å². The summed E-state index contributed by atoms with van der Waals surface area (Å²) in [6.07, 6.45) is -2.50. The molecular formula is C32H33F3N6O3S. The van der Waals surface area contributed by atoms with Gasteiger partial charge in [-0.05, 0) is 72.5 Å². The van der Waals surface area contributed by atoms with Crippen LogP contribution in [0.1, 0.15) is 37.8 Å². The summed E-state index contributed by atoms with van der Waals surface area (Å²) in [5.41, 5.74) is 5.12. The number of aromatic nitrogens is 3. The quantitative estimate of drug-likeness (QED) is 0.183. The van der Waals surface area contributed by atoms with E-state index in [0.29, 0.717) is 11.5 Å². The maximum atomic E-state index is 12.4. The maximum absolute atomic E-state index is 12.4. The molecule has 1 atom stereocenters. The normalized spacial score (nSPS) is 15.5. The number of anilines is 1. The molecule has 9 nitrogen and oxygen atoms in total. The first-order valence-corrected chi connectivity index (χ1v) is 15.1. The Hall–Kier alpha value is -4.49. The van der Waals surface area contributed by atoms with Crippen molar-refractivity contribution in [3.8, 4) is 28.6 Å². The number of nitrogens with one attached hydrogen (secondary N) is 1. The molecule has 0 aliphatic carbocycles. The zero-order valence-corrected chi connectivity index (χ0v) is 25.9. The molecule has 1 unspecified atom stereocenters. The van der Waals surface area contributed by atoms with Crippen molar-refractivity contribution in [2.75, 3.05) is 24.3 Å². The number of nitrogens with zero attached hydrogens (tertiary/aromatic N) is 5. The van der Waals surface area contributed by atoms with Crippen molar-refractivity contribution in [1.82, 2.24) is 20.1 Å². The van der Waals surface area contributed by atoms with Gasteiger partial charge in [-0.25, -0.2) is 14.7 Å². The molecule has 2 N–H and O–H groups in total. The monoisotopic (exact) mass is 638 g/mol. The van der Waals surface area contributed by atoms with Gasteiger partial charge in [-0.1, -0.05) is 49.9 Å². The minimum Gasteiger partial charge on any atom is -0.497 e. The Morgan fingerprint density at radius 1 is 1.07 bits per heavy atom. The first kappa shape index (κ1) is 31.9. The second-order valence-corrected chi connectivity index (χ2v) is 11.6. The summed E-state index contributed by atoms with van der Waals surface area (Å²) < 4.78 is 48.1. The van der Waals surface area contributed by atoms with Crippen molar-refractivity contribution < 1.29 is 27.8 Å². The van der Waals surface area contributed by atoms with Crippen LogP contribution in [0.2, 0.25) is 0 Å². The summed E-state index contributed by atoms with van der Waals surface area (Å²) in [6, 6.07) is 18.9. The summed E-state index contributed by atoms with van der Waals surface area (Å²) >= 11 is 1.60. The van der Waals surface area contributed by atoms with E-state index in [1.807, 2.05) is 55.5 Å². The van der Waals surface area contributed by atoms with E-state index >= 15 is 0 Å². The number of amidine groups is 1. The Labute approximate surface area is 263 Å². The Kier molecular flexibility index (Phi) is 9.68. The van der Waals surface area contributed by atoms with E-state index in [4.69, 9.17) is 4.74 Å². The second-order valence-electron chi connectivity index (χ2n) is 10.5. The molecule has 13 heteroatoms. The van der Waals surface area contributed by atoms with Crippen LogP contribution in [0.5, 0.6) is 11.5 Å². The van der Waals surface area contributed by atoms with Gasteiger partial charge in [0.15, 0.2) is 11.0 Å². The van der Waals surface area contributed by atoms with Gasteiger partial charge >= 0.3 is 6.36 Å². The van der Waals surface area contributed by atoms with Crippen molar-refractivity contribution >= 4 is 28.7 Å². The third kappa shape index (κ3) is 8.17. The molecule has 1 fully saturated rings. The van der Waals surface area contributed by atoms with Crippen LogP contribution in [0, 0.1) is 0 Å². The van der Waals surface area contributed by atoms with Gasteiger partial charge < -0.3 is 24.8 Å². The minimum absolute atomic E-state index is 0.288. The number of alkyl halides is 3. The maximum Gasteiger partial charge on any atom is 0.573 e. The largest absolute Gasteiger partial charge is 0.573 e. The average molecular weight is 639 g/mol. The van der Waals surface area contributed by atoms with Gasteiger partial charge in [0.25, 0.3) is 0 Å². The lowest BCUT2D eigenvalue weighted by Crippen LogP contribution is -2.31. The predicted octanol–water partition coefficient (Wildman–Crippen LogP) is 6.80. The van der Waals surface area contributed by atoms with Gasteiger partial charge in [0, 0.05) is 29.2 Å². The molecule has 0 radical (unpaired) electrons. The van der Waals surface area contributed by atoms with Crippen molar-refractivity contribution in [3.63, 3.8) is 0 Å². The number of aliphatic hydroxyl groups excluding tert-OH is 1. The van der Waals surface area contributed by atoms with E-state index < -0.39 is 12.7 Å². The van der Waals surface area contributed by atoms with Gasteiger partial charge in [-0.2, -0.15) is 0 Å². The number of thioether (sulfide) groups is 1. The Morgan fingerprint density at radius 2 is 1.78 bits per heavy atom. The van der Waals surface area contributed by atoms with Crippen LogP contribution in [0.4, 0.5) is 18.9 Å². The highest BCUT2D eigenvalue weighted by Crippen LogP contribution is 2.35. The van der Waals surface area contributed by atoms with Gasteiger partial charge in [-0.15, -0.1) is 18.3 Å². The summed E-state index contributed by atoms with van der Waals surface area (Å²) in [5.74, 6) is 2.11. The van der Waals surface area contributed by atoms with Gasteiger partial charge in [0.05, 0.1) is 12.8 Å². The summed E-state index contributed by atoms with van der Waals surface area (Å²) in [4.78, 5) is 11.0. The molecule has 1 aliphatic heterocycles. The lowest BCUT2D eigenvalue weighted by molar-refractivity contribution is -0.274. The highest BCUT2D eigenvalue weighted by molar-refractivity contribution is 8.14. The number of hydrogen-bond donors (Lipinski definition) is 2. The number of rotatable bonds is 10. The molecular weight excluding hydrogens is 605 g/mol. The highest BCUT2D eigenvalue weighted by atomic mass is 32.2. The number of methoxy groups -OCH3 is 1. The molecule has 5 rings (SSSR count). The number of halogens is 3. The molecule has 4 aromatic rings. The van der Waals surface area contributed by atoms with Crippen molar-refractivity contribution in [2.45, 2.75) is 39.4 Å². The highest BCUT2D eigenvalue weighted by Gasteiger charge is 2.31. The van der Waals surface area contributed by atoms with Crippen LogP contribution in [0.3, 0.4) is 0 Å². The number of aliphatic imine (C=N–C) groups is 1. The number of allylic oxidation sites excluding steroid dienone is 1. The molecule has 236 valence electrons. The molecule has 0 bridgehead atoms. The Morgan fingerprint density at radius 3 is 2.44 bits per heavy atom. The molecule has 45 heavy (non-hydrogen) atoms. The first-order chi connectivity index (χ1) is 21.5. The molecule has 1 aliphatic rings. The molecule has 0 saturated carbocycles. The van der Waals surface area contributed by atoms with Crippen molar-refractivity contribution in [3.05, 3.63) is 89.9 Å². The second kappa shape index (κ2) is 13.7. The molecule has 0 amide bonds. The van der Waals surface area contributed by atoms with Crippen LogP contribution >= 0.6 is 11.8 Å². The van der Waals surface area contributed by atoms with E-state index in [0.717, 1.165) is 51.3 Å². The summed E-state index contributed by atoms with van der Waals surface area (Å²) in [6.45, 7) is 6.92. The minimum atomic E-state index is -4.75. The smallest absolute Gasteiger partial charge is 0.497 e. The van der Waals surface area contributed by atoms with E-state index in [1.165, 1.54) is 35.3 Å². The van der Waals surface area contributed by atoms with Crippen LogP contribution in [0.15, 0.2) is 83.7 Å². The molecule has 2 heterocycles. The third-order valence-corrected chi connectivity index (χ3v) is 7.86. The van der Waals surface area contributed by atoms with E-state index in [2.05, 4.69) is 43.9 Å². The zero-order chi connectivity index (χ0) is 32.1. The Balaban J connectivity index is 1.22. The molecule has 3 aromatic carbocycles. The lowest BCUT2D eigenvalue weighted by atomic mass is 10.00. The third-order valence-electron chi connectivity index (χ3n) is 6.89. The Bertz CT molecular complexity index is 1670. The molecule has 0 spiro atoms.